The van der Waals surface area contributed by atoms with Gasteiger partial charge in [-0.25, -0.2) is 22.0 Å². The molecule has 6 nitrogen and oxygen atoms in total. The van der Waals surface area contributed by atoms with E-state index < -0.39 is 41.1 Å². The van der Waals surface area contributed by atoms with Gasteiger partial charge in [0.15, 0.2) is 0 Å². The second-order valence-electron chi connectivity index (χ2n) is 12.1. The highest BCUT2D eigenvalue weighted by atomic mass is 19.3. The van der Waals surface area contributed by atoms with Crippen LogP contribution in [0.2, 0.25) is 0 Å². The highest BCUT2D eigenvalue weighted by Crippen LogP contribution is 2.65. The van der Waals surface area contributed by atoms with Crippen LogP contribution in [0.5, 0.6) is 0 Å². The molecule has 39 heavy (non-hydrogen) atoms. The van der Waals surface area contributed by atoms with E-state index in [-0.39, 0.29) is 41.6 Å². The van der Waals surface area contributed by atoms with Crippen molar-refractivity contribution in [2.24, 2.45) is 17.3 Å². The van der Waals surface area contributed by atoms with Crippen LogP contribution in [0.4, 0.5) is 27.6 Å². The molecule has 4 aliphatic rings. The van der Waals surface area contributed by atoms with E-state index in [4.69, 9.17) is 0 Å². The van der Waals surface area contributed by atoms with Gasteiger partial charge in [0.2, 0.25) is 5.92 Å². The summed E-state index contributed by atoms with van der Waals surface area (Å²) in [6, 6.07) is 3.93. The molecular formula is C28H31F5N4O2. The average molecular weight is 551 g/mol. The van der Waals surface area contributed by atoms with Gasteiger partial charge in [-0.3, -0.25) is 9.59 Å². The van der Waals surface area contributed by atoms with E-state index in [0.717, 1.165) is 19.2 Å². The summed E-state index contributed by atoms with van der Waals surface area (Å²) in [6.07, 6.45) is -1.02. The van der Waals surface area contributed by atoms with Gasteiger partial charge in [-0.1, -0.05) is 18.2 Å². The molecule has 3 aliphatic carbocycles. The molecule has 1 unspecified atom stereocenters. The van der Waals surface area contributed by atoms with Gasteiger partial charge in [-0.05, 0) is 44.1 Å². The van der Waals surface area contributed by atoms with Crippen LogP contribution in [-0.4, -0.2) is 47.5 Å². The average Bonchev–Trinajstić information content (AvgIpc) is 3.25. The largest absolute Gasteiger partial charge is 0.381 e. The molecule has 1 saturated heterocycles. The standard InChI is InChI=1S/C28H31F5N4O2/c1-14(16-4-3-5-17(23(16)29)25(30)31)34-26(39)20-11-37(15-7-27(8-15)12-28(32,33)13-27)22(38)6-21(20)35-24-18-9-36(2)10-19(18)24/h3-6,11,14-15,18-19,24-25,35H,7-10,12-13H2,1-2H3,(H,34,39)/t14-,18-,19+,24?/m1/s1. The van der Waals surface area contributed by atoms with Gasteiger partial charge in [0, 0.05) is 55.8 Å². The lowest BCUT2D eigenvalue weighted by atomic mass is 9.52. The Bertz CT molecular complexity index is 1350. The smallest absolute Gasteiger partial charge is 0.266 e. The molecule has 2 N–H and O–H groups in total. The van der Waals surface area contributed by atoms with E-state index in [9.17, 15) is 31.5 Å². The Kier molecular flexibility index (Phi) is 6.09. The summed E-state index contributed by atoms with van der Waals surface area (Å²) in [5.41, 5.74) is -1.07. The maximum atomic E-state index is 14.7. The summed E-state index contributed by atoms with van der Waals surface area (Å²) in [4.78, 5) is 28.8. The number of aromatic nitrogens is 1. The molecule has 210 valence electrons. The maximum Gasteiger partial charge on any atom is 0.266 e. The number of amides is 1. The lowest BCUT2D eigenvalue weighted by Crippen LogP contribution is -2.54. The van der Waals surface area contributed by atoms with Crippen LogP contribution in [0.15, 0.2) is 35.3 Å². The predicted octanol–water partition coefficient (Wildman–Crippen LogP) is 5.14. The van der Waals surface area contributed by atoms with Gasteiger partial charge in [0.05, 0.1) is 22.9 Å². The first-order valence-electron chi connectivity index (χ1n) is 13.3. The van der Waals surface area contributed by atoms with Crippen LogP contribution in [0.25, 0.3) is 0 Å². The van der Waals surface area contributed by atoms with Gasteiger partial charge in [0.1, 0.15) is 5.82 Å². The molecule has 3 saturated carbocycles. The van der Waals surface area contributed by atoms with Crippen molar-refractivity contribution in [2.45, 2.75) is 63.1 Å². The number of fused-ring (bicyclic) bond motifs is 1. The number of pyridine rings is 1. The first kappa shape index (κ1) is 26.3. The van der Waals surface area contributed by atoms with Crippen LogP contribution in [0, 0.1) is 23.1 Å². The third-order valence-corrected chi connectivity index (χ3v) is 9.13. The van der Waals surface area contributed by atoms with E-state index in [1.165, 1.54) is 35.9 Å². The van der Waals surface area contributed by atoms with Crippen molar-refractivity contribution >= 4 is 11.6 Å². The summed E-state index contributed by atoms with van der Waals surface area (Å²) in [6.45, 7) is 3.32. The second-order valence-corrected chi connectivity index (χ2v) is 12.1. The Balaban J connectivity index is 1.26. The Morgan fingerprint density at radius 1 is 1.10 bits per heavy atom. The van der Waals surface area contributed by atoms with Crippen molar-refractivity contribution < 1.29 is 26.7 Å². The van der Waals surface area contributed by atoms with Crippen molar-refractivity contribution in [3.8, 4) is 0 Å². The predicted molar refractivity (Wildman–Crippen MR) is 135 cm³/mol. The Labute approximate surface area is 222 Å². The number of alkyl halides is 4. The Morgan fingerprint density at radius 3 is 2.36 bits per heavy atom. The molecular weight excluding hydrogens is 519 g/mol. The first-order chi connectivity index (χ1) is 18.4. The number of carbonyl (C=O) groups is 1. The lowest BCUT2D eigenvalue weighted by Gasteiger charge is -2.57. The summed E-state index contributed by atoms with van der Waals surface area (Å²) in [5, 5.41) is 6.05. The molecule has 1 aromatic carbocycles. The molecule has 2 heterocycles. The van der Waals surface area contributed by atoms with Crippen LogP contribution in [0.3, 0.4) is 0 Å². The zero-order valence-corrected chi connectivity index (χ0v) is 21.7. The second kappa shape index (κ2) is 9.04. The fourth-order valence-electron chi connectivity index (χ4n) is 7.16. The van der Waals surface area contributed by atoms with Gasteiger partial charge in [-0.2, -0.15) is 0 Å². The van der Waals surface area contributed by atoms with Gasteiger partial charge >= 0.3 is 0 Å². The van der Waals surface area contributed by atoms with Crippen LogP contribution in [0.1, 0.15) is 72.6 Å². The van der Waals surface area contributed by atoms with Crippen LogP contribution >= 0.6 is 0 Å². The number of rotatable bonds is 7. The van der Waals surface area contributed by atoms with Crippen molar-refractivity contribution in [3.63, 3.8) is 0 Å². The summed E-state index contributed by atoms with van der Waals surface area (Å²) < 4.78 is 69.6. The van der Waals surface area contributed by atoms with E-state index in [1.54, 1.807) is 0 Å². The fourth-order valence-corrected chi connectivity index (χ4v) is 7.16. The molecule has 2 aromatic rings. The van der Waals surface area contributed by atoms with Crippen LogP contribution in [-0.2, 0) is 0 Å². The number of nitrogens with zero attached hydrogens (tertiary/aromatic N) is 2. The van der Waals surface area contributed by atoms with Gasteiger partial charge < -0.3 is 20.1 Å². The number of carbonyl (C=O) groups excluding carboxylic acids is 1. The molecule has 4 fully saturated rings. The quantitative estimate of drug-likeness (QED) is 0.469. The number of benzene rings is 1. The van der Waals surface area contributed by atoms with Crippen molar-refractivity contribution in [2.75, 3.05) is 25.5 Å². The number of hydrogen-bond donors (Lipinski definition) is 2. The van der Waals surface area contributed by atoms with Gasteiger partial charge in [0.25, 0.3) is 17.9 Å². The monoisotopic (exact) mass is 550 g/mol. The third-order valence-electron chi connectivity index (χ3n) is 9.13. The zero-order chi connectivity index (χ0) is 27.9. The van der Waals surface area contributed by atoms with E-state index in [0.29, 0.717) is 30.4 Å². The molecule has 1 aliphatic heterocycles. The van der Waals surface area contributed by atoms with E-state index in [2.05, 4.69) is 15.5 Å². The Morgan fingerprint density at radius 2 is 1.74 bits per heavy atom. The molecule has 6 rings (SSSR count). The number of piperidine rings is 1. The number of likely N-dealkylation sites (tertiary alicyclic amines) is 1. The minimum atomic E-state index is -2.99. The highest BCUT2D eigenvalue weighted by Gasteiger charge is 2.62. The molecule has 0 bridgehead atoms. The maximum absolute atomic E-state index is 14.7. The minimum absolute atomic E-state index is 0.0735. The fraction of sp³-hybridized carbons (Fsp3) is 0.571. The summed E-state index contributed by atoms with van der Waals surface area (Å²) in [7, 11) is 2.04. The number of anilines is 1. The minimum Gasteiger partial charge on any atom is -0.381 e. The van der Waals surface area contributed by atoms with E-state index >= 15 is 0 Å². The number of hydrogen-bond acceptors (Lipinski definition) is 4. The van der Waals surface area contributed by atoms with E-state index in [1.807, 2.05) is 7.05 Å². The number of halogens is 5. The van der Waals surface area contributed by atoms with Crippen molar-refractivity contribution in [1.82, 2.24) is 14.8 Å². The molecule has 1 aromatic heterocycles. The van der Waals surface area contributed by atoms with Crippen molar-refractivity contribution in [3.05, 3.63) is 63.3 Å². The molecule has 0 radical (unpaired) electrons. The summed E-state index contributed by atoms with van der Waals surface area (Å²) >= 11 is 0. The topological polar surface area (TPSA) is 66.4 Å². The molecule has 1 amide bonds. The zero-order valence-electron chi connectivity index (χ0n) is 21.7. The Hall–Kier alpha value is -2.95. The number of nitrogens with one attached hydrogen (secondary N) is 2. The SMILES string of the molecule is C[C@@H](NC(=O)c1cn(C2CC3(C2)CC(F)(F)C3)c(=O)cc1NC1[C@H]2CN(C)C[C@@H]12)c1cccc(C(F)F)c1F. The van der Waals surface area contributed by atoms with Crippen molar-refractivity contribution in [1.29, 1.82) is 0 Å². The van der Waals surface area contributed by atoms with Gasteiger partial charge in [-0.15, -0.1) is 0 Å². The highest BCUT2D eigenvalue weighted by molar-refractivity contribution is 5.99. The molecule has 4 atom stereocenters. The normalized spacial score (nSPS) is 27.5. The third kappa shape index (κ3) is 4.62. The summed E-state index contributed by atoms with van der Waals surface area (Å²) in [5.74, 6) is -3.50. The molecule has 11 heteroatoms. The molecule has 1 spiro atoms. The van der Waals surface area contributed by atoms with Crippen LogP contribution < -0.4 is 16.2 Å². The first-order valence-corrected chi connectivity index (χ1v) is 13.3. The lowest BCUT2D eigenvalue weighted by molar-refractivity contribution is -0.203.